The van der Waals surface area contributed by atoms with Crippen LogP contribution in [0.15, 0.2) is 54.6 Å². The molecule has 39 heavy (non-hydrogen) atoms. The molecule has 2 heterocycles. The van der Waals surface area contributed by atoms with Crippen molar-refractivity contribution in [3.8, 4) is 23.0 Å². The summed E-state index contributed by atoms with van der Waals surface area (Å²) in [6.07, 6.45) is 5.71. The summed E-state index contributed by atoms with van der Waals surface area (Å²) in [6.45, 7) is 3.07. The van der Waals surface area contributed by atoms with Gasteiger partial charge in [-0.2, -0.15) is 0 Å². The van der Waals surface area contributed by atoms with Gasteiger partial charge >= 0.3 is 0 Å². The number of benzene rings is 2. The lowest BCUT2D eigenvalue weighted by Gasteiger charge is -2.26. The zero-order valence-corrected chi connectivity index (χ0v) is 22.9. The third-order valence-electron chi connectivity index (χ3n) is 6.42. The Balaban J connectivity index is 1.84. The normalized spacial score (nSPS) is 16.4. The van der Waals surface area contributed by atoms with E-state index in [0.29, 0.717) is 48.1 Å². The summed E-state index contributed by atoms with van der Waals surface area (Å²) in [7, 11) is 4.44. The summed E-state index contributed by atoms with van der Waals surface area (Å²) in [5.41, 5.74) is 0.708. The van der Waals surface area contributed by atoms with Crippen LogP contribution >= 0.6 is 11.6 Å². The summed E-state index contributed by atoms with van der Waals surface area (Å²) < 4.78 is 23.8. The molecular weight excluding hydrogens is 526 g/mol. The quantitative estimate of drug-likeness (QED) is 0.209. The van der Waals surface area contributed by atoms with Crippen molar-refractivity contribution < 1.29 is 33.6 Å². The number of nitrogens with zero attached hydrogens (tertiary/aromatic N) is 3. The largest absolute Gasteiger partial charge is 0.507 e. The highest BCUT2D eigenvalue weighted by Gasteiger charge is 2.46. The van der Waals surface area contributed by atoms with Gasteiger partial charge in [-0.05, 0) is 49.2 Å². The number of Topliss-reactive ketones (excluding diaryl/α,β-unsaturated/α-hetero) is 1. The molecule has 10 nitrogen and oxygen atoms in total. The van der Waals surface area contributed by atoms with E-state index in [2.05, 4.69) is 4.98 Å². The number of aliphatic hydroxyl groups is 1. The number of imidazole rings is 1. The molecular formula is C28H30ClN3O7. The number of carbonyl (C=O) groups is 2. The first-order valence-electron chi connectivity index (χ1n) is 12.3. The van der Waals surface area contributed by atoms with Gasteiger partial charge in [-0.25, -0.2) is 4.98 Å². The number of hydrogen-bond donors (Lipinski definition) is 1. The fourth-order valence-electron chi connectivity index (χ4n) is 4.64. The van der Waals surface area contributed by atoms with Crippen molar-refractivity contribution in [3.63, 3.8) is 0 Å². The molecule has 1 atom stereocenters. The molecule has 1 aliphatic heterocycles. The fraction of sp³-hybridized carbons (Fsp3) is 0.321. The fourth-order valence-corrected chi connectivity index (χ4v) is 4.87. The van der Waals surface area contributed by atoms with Crippen molar-refractivity contribution in [2.24, 2.45) is 0 Å². The maximum Gasteiger partial charge on any atom is 0.295 e. The molecule has 1 amide bonds. The molecule has 1 fully saturated rings. The van der Waals surface area contributed by atoms with Crippen molar-refractivity contribution in [2.75, 3.05) is 34.5 Å². The number of hydrogen-bond acceptors (Lipinski definition) is 8. The van der Waals surface area contributed by atoms with E-state index >= 15 is 0 Å². The number of rotatable bonds is 11. The van der Waals surface area contributed by atoms with Gasteiger partial charge in [0, 0.05) is 31.0 Å². The van der Waals surface area contributed by atoms with Crippen molar-refractivity contribution in [1.82, 2.24) is 14.5 Å². The molecule has 4 rings (SSSR count). The summed E-state index contributed by atoms with van der Waals surface area (Å²) in [4.78, 5) is 32.3. The number of methoxy groups -OCH3 is 3. The van der Waals surface area contributed by atoms with Crippen LogP contribution < -0.4 is 18.9 Å². The Morgan fingerprint density at radius 2 is 1.74 bits per heavy atom. The van der Waals surface area contributed by atoms with Gasteiger partial charge in [0.2, 0.25) is 5.75 Å². The van der Waals surface area contributed by atoms with Crippen LogP contribution in [0.4, 0.5) is 0 Å². The molecule has 1 aromatic heterocycles. The number of ketones is 1. The molecule has 1 aliphatic rings. The van der Waals surface area contributed by atoms with E-state index < -0.39 is 17.7 Å². The van der Waals surface area contributed by atoms with Crippen LogP contribution in [-0.2, 0) is 16.1 Å². The first kappa shape index (κ1) is 27.8. The van der Waals surface area contributed by atoms with Gasteiger partial charge in [-0.15, -0.1) is 0 Å². The van der Waals surface area contributed by atoms with Crippen molar-refractivity contribution in [2.45, 2.75) is 25.9 Å². The molecule has 3 aromatic rings. The highest BCUT2D eigenvalue weighted by atomic mass is 35.5. The number of likely N-dealkylation sites (tertiary alicyclic amines) is 1. The second-order valence-electron chi connectivity index (χ2n) is 8.68. The lowest BCUT2D eigenvalue weighted by atomic mass is 9.94. The van der Waals surface area contributed by atoms with E-state index in [1.165, 1.54) is 32.3 Å². The number of halogens is 1. The Bertz CT molecular complexity index is 1360. The molecule has 0 aliphatic carbocycles. The Morgan fingerprint density at radius 3 is 2.31 bits per heavy atom. The zero-order chi connectivity index (χ0) is 28.1. The summed E-state index contributed by atoms with van der Waals surface area (Å²) in [5, 5.41) is 11.7. The minimum absolute atomic E-state index is 0.0721. The minimum Gasteiger partial charge on any atom is -0.507 e. The average Bonchev–Trinajstić information content (AvgIpc) is 3.55. The standard InChI is InChI=1S/C28H30ClN3O7/c1-5-39-20-8-7-17(13-19(20)29)25(33)23-24(18-14-21(36-2)27(38-4)22(15-18)37-3)32(28(35)26(23)34)11-6-10-31-12-9-30-16-31/h7-9,12-16,24,33H,5-6,10-11H2,1-4H3/b25-23+. The number of aromatic nitrogens is 2. The van der Waals surface area contributed by atoms with Gasteiger partial charge in [0.05, 0.1) is 50.9 Å². The topological polar surface area (TPSA) is 112 Å². The second kappa shape index (κ2) is 12.1. The molecule has 1 N–H and O–H groups in total. The monoisotopic (exact) mass is 555 g/mol. The molecule has 1 saturated heterocycles. The maximum atomic E-state index is 13.4. The number of carbonyl (C=O) groups excluding carboxylic acids is 2. The molecule has 0 bridgehead atoms. The Hall–Kier alpha value is -4.18. The van der Waals surface area contributed by atoms with Crippen LogP contribution in [0, 0.1) is 0 Å². The number of amides is 1. The number of aryl methyl sites for hydroxylation is 1. The number of ether oxygens (including phenoxy) is 4. The minimum atomic E-state index is -0.924. The van der Waals surface area contributed by atoms with Crippen LogP contribution in [-0.4, -0.2) is 65.7 Å². The molecule has 0 radical (unpaired) electrons. The smallest absolute Gasteiger partial charge is 0.295 e. The maximum absolute atomic E-state index is 13.4. The Labute approximate surface area is 231 Å². The molecule has 0 spiro atoms. The lowest BCUT2D eigenvalue weighted by molar-refractivity contribution is -0.139. The summed E-state index contributed by atoms with van der Waals surface area (Å²) >= 11 is 6.36. The molecule has 206 valence electrons. The van der Waals surface area contributed by atoms with Crippen LogP contribution in [0.25, 0.3) is 5.76 Å². The van der Waals surface area contributed by atoms with Crippen molar-refractivity contribution >= 4 is 29.1 Å². The van der Waals surface area contributed by atoms with Crippen molar-refractivity contribution in [3.05, 3.63) is 70.8 Å². The van der Waals surface area contributed by atoms with E-state index in [1.807, 2.05) is 17.7 Å². The van der Waals surface area contributed by atoms with Crippen molar-refractivity contribution in [1.29, 1.82) is 0 Å². The van der Waals surface area contributed by atoms with Crippen LogP contribution in [0.1, 0.15) is 30.5 Å². The van der Waals surface area contributed by atoms with Crippen LogP contribution in [0.2, 0.25) is 5.02 Å². The van der Waals surface area contributed by atoms with Gasteiger partial charge in [0.1, 0.15) is 11.5 Å². The predicted octanol–water partition coefficient (Wildman–Crippen LogP) is 4.47. The molecule has 2 aromatic carbocycles. The van der Waals surface area contributed by atoms with Crippen LogP contribution in [0.5, 0.6) is 23.0 Å². The average molecular weight is 556 g/mol. The third-order valence-corrected chi connectivity index (χ3v) is 6.72. The first-order valence-corrected chi connectivity index (χ1v) is 12.7. The van der Waals surface area contributed by atoms with E-state index in [9.17, 15) is 14.7 Å². The summed E-state index contributed by atoms with van der Waals surface area (Å²) in [6, 6.07) is 7.10. The highest BCUT2D eigenvalue weighted by Crippen LogP contribution is 2.46. The van der Waals surface area contributed by atoms with Crippen LogP contribution in [0.3, 0.4) is 0 Å². The van der Waals surface area contributed by atoms with Gasteiger partial charge in [-0.3, -0.25) is 9.59 Å². The predicted molar refractivity (Wildman–Crippen MR) is 145 cm³/mol. The van der Waals surface area contributed by atoms with E-state index in [-0.39, 0.29) is 28.5 Å². The Kier molecular flexibility index (Phi) is 8.65. The van der Waals surface area contributed by atoms with E-state index in [4.69, 9.17) is 30.5 Å². The molecule has 0 saturated carbocycles. The van der Waals surface area contributed by atoms with E-state index in [0.717, 1.165) is 0 Å². The van der Waals surface area contributed by atoms with E-state index in [1.54, 1.807) is 36.8 Å². The number of aliphatic hydroxyl groups excluding tert-OH is 1. The molecule has 1 unspecified atom stereocenters. The van der Waals surface area contributed by atoms with Gasteiger partial charge in [0.15, 0.2) is 11.5 Å². The van der Waals surface area contributed by atoms with Gasteiger partial charge in [-0.1, -0.05) is 11.6 Å². The first-order chi connectivity index (χ1) is 18.8. The summed E-state index contributed by atoms with van der Waals surface area (Å²) in [5.74, 6) is -0.387. The zero-order valence-electron chi connectivity index (χ0n) is 22.1. The Morgan fingerprint density at radius 1 is 1.03 bits per heavy atom. The highest BCUT2D eigenvalue weighted by molar-refractivity contribution is 6.46. The SMILES string of the molecule is CCOc1ccc(/C(O)=C2\C(=O)C(=O)N(CCCn3ccnc3)C2c2cc(OC)c(OC)c(OC)c2)cc1Cl. The van der Waals surface area contributed by atoms with Gasteiger partial charge in [0.25, 0.3) is 11.7 Å². The second-order valence-corrected chi connectivity index (χ2v) is 9.09. The molecule has 11 heteroatoms. The third kappa shape index (κ3) is 5.51. The van der Waals surface area contributed by atoms with Gasteiger partial charge < -0.3 is 33.5 Å². The lowest BCUT2D eigenvalue weighted by Crippen LogP contribution is -2.31.